The van der Waals surface area contributed by atoms with Crippen LogP contribution >= 0.6 is 0 Å². The molecule has 1 aromatic rings. The average molecular weight is 315 g/mol. The molecule has 6 nitrogen and oxygen atoms in total. The predicted octanol–water partition coefficient (Wildman–Crippen LogP) is 1.13. The first-order chi connectivity index (χ1) is 11.0. The second-order valence-electron chi connectivity index (χ2n) is 6.30. The van der Waals surface area contributed by atoms with Crippen molar-refractivity contribution in [1.29, 1.82) is 0 Å². The monoisotopic (exact) mass is 315 g/mol. The summed E-state index contributed by atoms with van der Waals surface area (Å²) in [6.45, 7) is 3.05. The lowest BCUT2D eigenvalue weighted by Crippen LogP contribution is -2.55. The van der Waals surface area contributed by atoms with Gasteiger partial charge in [-0.1, -0.05) is 24.3 Å². The maximum atomic E-state index is 12.4. The van der Waals surface area contributed by atoms with Gasteiger partial charge in [-0.15, -0.1) is 0 Å². The Hall–Kier alpha value is -2.37. The van der Waals surface area contributed by atoms with Gasteiger partial charge in [0.15, 0.2) is 0 Å². The second kappa shape index (κ2) is 6.02. The van der Waals surface area contributed by atoms with E-state index in [1.807, 2.05) is 31.2 Å². The first-order valence-corrected chi connectivity index (χ1v) is 7.96. The summed E-state index contributed by atoms with van der Waals surface area (Å²) in [6, 6.07) is 7.64. The van der Waals surface area contributed by atoms with Crippen LogP contribution in [-0.4, -0.2) is 41.4 Å². The van der Waals surface area contributed by atoms with E-state index in [1.165, 1.54) is 11.1 Å². The molecule has 2 fully saturated rings. The topological polar surface area (TPSA) is 78.5 Å². The number of carbonyl (C=O) groups is 3. The Kier molecular flexibility index (Phi) is 4.07. The normalized spacial score (nSPS) is 19.6. The largest absolute Gasteiger partial charge is 0.342 e. The van der Waals surface area contributed by atoms with Gasteiger partial charge < -0.3 is 10.2 Å². The number of carbonyl (C=O) groups excluding carboxylic acids is 3. The summed E-state index contributed by atoms with van der Waals surface area (Å²) in [6.07, 6.45) is 2.14. The van der Waals surface area contributed by atoms with Crippen molar-refractivity contribution in [2.75, 3.05) is 13.1 Å². The van der Waals surface area contributed by atoms with Gasteiger partial charge in [0, 0.05) is 19.5 Å². The highest BCUT2D eigenvalue weighted by Gasteiger charge is 2.48. The lowest BCUT2D eigenvalue weighted by molar-refractivity contribution is -0.135. The highest BCUT2D eigenvalue weighted by Crippen LogP contribution is 2.26. The van der Waals surface area contributed by atoms with Crippen molar-refractivity contribution >= 4 is 17.8 Å². The third-order valence-corrected chi connectivity index (χ3v) is 4.85. The van der Waals surface area contributed by atoms with Crippen LogP contribution in [-0.2, 0) is 16.0 Å². The zero-order valence-electron chi connectivity index (χ0n) is 13.2. The van der Waals surface area contributed by atoms with Crippen LogP contribution < -0.4 is 10.6 Å². The van der Waals surface area contributed by atoms with E-state index in [0.717, 1.165) is 6.42 Å². The third kappa shape index (κ3) is 3.06. The summed E-state index contributed by atoms with van der Waals surface area (Å²) in [7, 11) is 0. The molecule has 1 spiro atoms. The molecule has 122 valence electrons. The van der Waals surface area contributed by atoms with Crippen LogP contribution in [0.2, 0.25) is 0 Å². The van der Waals surface area contributed by atoms with Gasteiger partial charge >= 0.3 is 6.03 Å². The van der Waals surface area contributed by atoms with Crippen molar-refractivity contribution in [2.24, 2.45) is 0 Å². The van der Waals surface area contributed by atoms with Gasteiger partial charge in [0.25, 0.3) is 5.91 Å². The Morgan fingerprint density at radius 1 is 1.22 bits per heavy atom. The molecular weight excluding hydrogens is 294 g/mol. The maximum Gasteiger partial charge on any atom is 0.322 e. The fourth-order valence-corrected chi connectivity index (χ4v) is 3.31. The summed E-state index contributed by atoms with van der Waals surface area (Å²) >= 11 is 0. The van der Waals surface area contributed by atoms with Gasteiger partial charge in [0.05, 0.1) is 0 Å². The van der Waals surface area contributed by atoms with Crippen LogP contribution in [0.3, 0.4) is 0 Å². The first-order valence-electron chi connectivity index (χ1n) is 7.96. The van der Waals surface area contributed by atoms with Crippen LogP contribution in [0.1, 0.15) is 30.4 Å². The van der Waals surface area contributed by atoms with Crippen molar-refractivity contribution < 1.29 is 14.4 Å². The maximum absolute atomic E-state index is 12.4. The van der Waals surface area contributed by atoms with Crippen LogP contribution in [0, 0.1) is 6.92 Å². The van der Waals surface area contributed by atoms with Gasteiger partial charge in [-0.3, -0.25) is 14.9 Å². The fourth-order valence-electron chi connectivity index (χ4n) is 3.31. The molecule has 0 bridgehead atoms. The molecule has 2 N–H and O–H groups in total. The Bertz CT molecular complexity index is 648. The van der Waals surface area contributed by atoms with Crippen molar-refractivity contribution in [1.82, 2.24) is 15.5 Å². The number of amides is 4. The number of hydrogen-bond donors (Lipinski definition) is 2. The zero-order chi connectivity index (χ0) is 16.4. The second-order valence-corrected chi connectivity index (χ2v) is 6.30. The molecule has 23 heavy (non-hydrogen) atoms. The van der Waals surface area contributed by atoms with Gasteiger partial charge in [-0.2, -0.15) is 0 Å². The molecule has 3 rings (SSSR count). The van der Waals surface area contributed by atoms with Crippen LogP contribution in [0.4, 0.5) is 4.79 Å². The van der Waals surface area contributed by atoms with Gasteiger partial charge in [-0.25, -0.2) is 4.79 Å². The van der Waals surface area contributed by atoms with Crippen molar-refractivity contribution in [3.63, 3.8) is 0 Å². The number of nitrogens with one attached hydrogen (secondary N) is 2. The Morgan fingerprint density at radius 2 is 1.91 bits per heavy atom. The predicted molar refractivity (Wildman–Crippen MR) is 84.7 cm³/mol. The van der Waals surface area contributed by atoms with E-state index < -0.39 is 11.6 Å². The molecule has 0 unspecified atom stereocenters. The van der Waals surface area contributed by atoms with Gasteiger partial charge in [0.2, 0.25) is 5.91 Å². The van der Waals surface area contributed by atoms with E-state index in [-0.39, 0.29) is 11.8 Å². The van der Waals surface area contributed by atoms with E-state index in [2.05, 4.69) is 10.6 Å². The van der Waals surface area contributed by atoms with E-state index in [9.17, 15) is 14.4 Å². The first kappa shape index (κ1) is 15.5. The number of piperidine rings is 1. The fraction of sp³-hybridized carbons (Fsp3) is 0.471. The number of imide groups is 1. The molecule has 0 atom stereocenters. The Morgan fingerprint density at radius 3 is 2.52 bits per heavy atom. The van der Waals surface area contributed by atoms with Crippen LogP contribution in [0.15, 0.2) is 24.3 Å². The molecule has 0 aliphatic carbocycles. The number of rotatable bonds is 3. The smallest absolute Gasteiger partial charge is 0.322 e. The van der Waals surface area contributed by atoms with Crippen LogP contribution in [0.25, 0.3) is 0 Å². The molecular formula is C17H21N3O3. The number of likely N-dealkylation sites (tertiary alicyclic amines) is 1. The van der Waals surface area contributed by atoms with Gasteiger partial charge in [0.1, 0.15) is 5.54 Å². The lowest BCUT2D eigenvalue weighted by atomic mass is 9.87. The highest BCUT2D eigenvalue weighted by molar-refractivity contribution is 6.07. The van der Waals surface area contributed by atoms with E-state index in [4.69, 9.17) is 0 Å². The number of urea groups is 1. The van der Waals surface area contributed by atoms with Crippen molar-refractivity contribution in [3.8, 4) is 0 Å². The Balaban J connectivity index is 1.54. The molecule has 2 aliphatic heterocycles. The van der Waals surface area contributed by atoms with Crippen LogP contribution in [0.5, 0.6) is 0 Å². The summed E-state index contributed by atoms with van der Waals surface area (Å²) in [5.74, 6) is -0.164. The summed E-state index contributed by atoms with van der Waals surface area (Å²) in [4.78, 5) is 37.4. The van der Waals surface area contributed by atoms with E-state index in [1.54, 1.807) is 4.90 Å². The molecule has 0 radical (unpaired) electrons. The molecule has 2 aliphatic rings. The minimum atomic E-state index is -0.816. The number of nitrogens with zero attached hydrogens (tertiary/aromatic N) is 1. The number of hydrogen-bond acceptors (Lipinski definition) is 3. The number of aryl methyl sites for hydroxylation is 2. The third-order valence-electron chi connectivity index (χ3n) is 4.85. The SMILES string of the molecule is Cc1ccccc1CCC(=O)N1CCC2(CC1)NC(=O)NC2=O. The average Bonchev–Trinajstić information content (AvgIpc) is 2.80. The molecule has 1 aromatic carbocycles. The summed E-state index contributed by atoms with van der Waals surface area (Å²) in [5.41, 5.74) is 1.57. The molecule has 0 aromatic heterocycles. The zero-order valence-corrected chi connectivity index (χ0v) is 13.2. The quantitative estimate of drug-likeness (QED) is 0.821. The van der Waals surface area contributed by atoms with E-state index in [0.29, 0.717) is 32.4 Å². The molecule has 0 saturated carbocycles. The standard InChI is InChI=1S/C17H21N3O3/c1-12-4-2-3-5-13(12)6-7-14(21)20-10-8-17(9-11-20)15(22)18-16(23)19-17/h2-5H,6-11H2,1H3,(H2,18,19,22,23). The highest BCUT2D eigenvalue weighted by atomic mass is 16.2. The van der Waals surface area contributed by atoms with Crippen molar-refractivity contribution in [2.45, 2.75) is 38.1 Å². The molecule has 4 amide bonds. The number of benzene rings is 1. The minimum absolute atomic E-state index is 0.104. The lowest BCUT2D eigenvalue weighted by Gasteiger charge is -2.37. The van der Waals surface area contributed by atoms with Gasteiger partial charge in [-0.05, 0) is 37.3 Å². The minimum Gasteiger partial charge on any atom is -0.342 e. The summed E-state index contributed by atoms with van der Waals surface area (Å²) in [5, 5.41) is 4.99. The van der Waals surface area contributed by atoms with Crippen molar-refractivity contribution in [3.05, 3.63) is 35.4 Å². The Labute approximate surface area is 135 Å². The summed E-state index contributed by atoms with van der Waals surface area (Å²) < 4.78 is 0. The molecule has 6 heteroatoms. The van der Waals surface area contributed by atoms with E-state index >= 15 is 0 Å². The molecule has 2 heterocycles. The molecule has 2 saturated heterocycles.